The second kappa shape index (κ2) is 8.93. The molecule has 0 aliphatic heterocycles. The number of benzene rings is 2. The van der Waals surface area contributed by atoms with Crippen molar-refractivity contribution in [3.63, 3.8) is 0 Å². The summed E-state index contributed by atoms with van der Waals surface area (Å²) in [7, 11) is 0. The zero-order valence-electron chi connectivity index (χ0n) is 13.7. The molecule has 0 amide bonds. The summed E-state index contributed by atoms with van der Waals surface area (Å²) < 4.78 is 0. The first-order valence-electron chi connectivity index (χ1n) is 7.94. The van der Waals surface area contributed by atoms with E-state index in [2.05, 4.69) is 17.1 Å². The SMILES string of the molecule is [Pt+2].[c-]1ccccc1-c1cccc(-c2[c-]c(Sc3ccccn3)ccc2)n1. The molecule has 2 heterocycles. The summed E-state index contributed by atoms with van der Waals surface area (Å²) in [5.74, 6) is 0. The Labute approximate surface area is 172 Å². The molecule has 26 heavy (non-hydrogen) atoms. The summed E-state index contributed by atoms with van der Waals surface area (Å²) in [6.45, 7) is 0. The molecule has 0 unspecified atom stereocenters. The van der Waals surface area contributed by atoms with E-state index in [0.29, 0.717) is 0 Å². The largest absolute Gasteiger partial charge is 2.00 e. The second-order valence-electron chi connectivity index (χ2n) is 5.38. The van der Waals surface area contributed by atoms with E-state index in [9.17, 15) is 0 Å². The minimum absolute atomic E-state index is 0. The topological polar surface area (TPSA) is 25.8 Å². The van der Waals surface area contributed by atoms with Gasteiger partial charge >= 0.3 is 21.1 Å². The summed E-state index contributed by atoms with van der Waals surface area (Å²) in [5.41, 5.74) is 3.77. The number of aromatic nitrogens is 2. The van der Waals surface area contributed by atoms with Crippen molar-refractivity contribution in [3.8, 4) is 22.5 Å². The van der Waals surface area contributed by atoms with Crippen LogP contribution in [0.4, 0.5) is 0 Å². The van der Waals surface area contributed by atoms with Gasteiger partial charge in [0, 0.05) is 6.20 Å². The van der Waals surface area contributed by atoms with Crippen LogP contribution in [0.5, 0.6) is 0 Å². The standard InChI is InChI=1S/C22H14N2S.Pt/c1-2-8-17(9-3-1)20-12-7-13-21(24-20)18-10-6-11-19(16-18)25-22-14-4-5-15-23-22;/h1-8,10-15H;/q-2;+2. The third-order valence-electron chi connectivity index (χ3n) is 3.63. The van der Waals surface area contributed by atoms with Gasteiger partial charge in [0.1, 0.15) is 0 Å². The molecule has 2 aromatic heterocycles. The fraction of sp³-hybridized carbons (Fsp3) is 0. The maximum absolute atomic E-state index is 4.77. The molecule has 2 nitrogen and oxygen atoms in total. The first-order valence-corrected chi connectivity index (χ1v) is 8.76. The van der Waals surface area contributed by atoms with E-state index in [1.54, 1.807) is 18.0 Å². The molecule has 0 saturated heterocycles. The van der Waals surface area contributed by atoms with Crippen LogP contribution in [0.1, 0.15) is 0 Å². The van der Waals surface area contributed by atoms with Crippen LogP contribution < -0.4 is 0 Å². The number of rotatable bonds is 4. The number of hydrogen-bond acceptors (Lipinski definition) is 3. The molecule has 4 aromatic rings. The van der Waals surface area contributed by atoms with Crippen molar-refractivity contribution in [1.82, 2.24) is 9.97 Å². The van der Waals surface area contributed by atoms with Crippen molar-refractivity contribution in [2.45, 2.75) is 9.92 Å². The molecular weight excluding hydrogens is 519 g/mol. The van der Waals surface area contributed by atoms with Crippen LogP contribution in [0.25, 0.3) is 22.5 Å². The molecule has 4 rings (SSSR count). The molecule has 0 saturated carbocycles. The molecule has 0 aliphatic carbocycles. The van der Waals surface area contributed by atoms with Crippen LogP contribution in [0, 0.1) is 12.1 Å². The van der Waals surface area contributed by atoms with Crippen molar-refractivity contribution in [2.75, 3.05) is 0 Å². The van der Waals surface area contributed by atoms with Crippen LogP contribution in [-0.2, 0) is 21.1 Å². The maximum Gasteiger partial charge on any atom is 2.00 e. The number of pyridine rings is 2. The summed E-state index contributed by atoms with van der Waals surface area (Å²) in [6, 6.07) is 32.6. The van der Waals surface area contributed by atoms with Gasteiger partial charge in [-0.2, -0.15) is 0 Å². The minimum Gasteiger partial charge on any atom is -0.345 e. The van der Waals surface area contributed by atoms with E-state index in [1.165, 1.54) is 0 Å². The van der Waals surface area contributed by atoms with Gasteiger partial charge < -0.3 is 4.98 Å². The molecule has 128 valence electrons. The van der Waals surface area contributed by atoms with Gasteiger partial charge in [-0.05, 0) is 23.5 Å². The van der Waals surface area contributed by atoms with E-state index in [1.807, 2.05) is 78.9 Å². The Morgan fingerprint density at radius 1 is 0.731 bits per heavy atom. The van der Waals surface area contributed by atoms with Gasteiger partial charge in [-0.15, -0.1) is 65.7 Å². The zero-order valence-corrected chi connectivity index (χ0v) is 16.8. The first-order chi connectivity index (χ1) is 12.4. The molecule has 0 radical (unpaired) electrons. The number of nitrogens with zero attached hydrogens (tertiary/aromatic N) is 2. The van der Waals surface area contributed by atoms with Crippen molar-refractivity contribution >= 4 is 11.8 Å². The molecule has 2 aromatic carbocycles. The predicted octanol–water partition coefficient (Wildman–Crippen LogP) is 5.56. The van der Waals surface area contributed by atoms with Gasteiger partial charge in [0.2, 0.25) is 0 Å². The van der Waals surface area contributed by atoms with Gasteiger partial charge in [-0.3, -0.25) is 0 Å². The number of hydrogen-bond donors (Lipinski definition) is 0. The average molecular weight is 534 g/mol. The van der Waals surface area contributed by atoms with Crippen molar-refractivity contribution < 1.29 is 21.1 Å². The molecular formula is C22H14N2PtS. The van der Waals surface area contributed by atoms with Gasteiger partial charge in [0.15, 0.2) is 0 Å². The summed E-state index contributed by atoms with van der Waals surface area (Å²) >= 11 is 1.60. The maximum atomic E-state index is 4.77. The Balaban J connectivity index is 0.00000196. The van der Waals surface area contributed by atoms with Crippen LogP contribution in [0.2, 0.25) is 0 Å². The third-order valence-corrected chi connectivity index (χ3v) is 4.54. The van der Waals surface area contributed by atoms with Gasteiger partial charge in [-0.25, -0.2) is 4.98 Å². The van der Waals surface area contributed by atoms with E-state index in [4.69, 9.17) is 4.98 Å². The quantitative estimate of drug-likeness (QED) is 0.322. The van der Waals surface area contributed by atoms with Gasteiger partial charge in [0.25, 0.3) is 0 Å². The zero-order chi connectivity index (χ0) is 16.9. The predicted molar refractivity (Wildman–Crippen MR) is 101 cm³/mol. The Hall–Kier alpha value is -2.22. The summed E-state index contributed by atoms with van der Waals surface area (Å²) in [4.78, 5) is 10.2. The third kappa shape index (κ3) is 4.49. The first kappa shape index (κ1) is 18.6. The molecule has 0 aliphatic rings. The summed E-state index contributed by atoms with van der Waals surface area (Å²) in [5, 5.41) is 0.955. The Morgan fingerprint density at radius 2 is 1.50 bits per heavy atom. The summed E-state index contributed by atoms with van der Waals surface area (Å²) in [6.07, 6.45) is 1.80. The van der Waals surface area contributed by atoms with Crippen molar-refractivity contribution in [1.29, 1.82) is 0 Å². The van der Waals surface area contributed by atoms with Crippen molar-refractivity contribution in [3.05, 3.63) is 97.2 Å². The minimum atomic E-state index is 0. The molecule has 0 atom stereocenters. The second-order valence-corrected chi connectivity index (χ2v) is 6.45. The molecule has 0 bridgehead atoms. The Bertz CT molecular complexity index is 975. The Morgan fingerprint density at radius 3 is 2.27 bits per heavy atom. The molecule has 0 fully saturated rings. The fourth-order valence-corrected chi connectivity index (χ4v) is 3.26. The molecule has 4 heteroatoms. The van der Waals surface area contributed by atoms with Crippen molar-refractivity contribution in [2.24, 2.45) is 0 Å². The molecule has 0 spiro atoms. The van der Waals surface area contributed by atoms with E-state index < -0.39 is 0 Å². The van der Waals surface area contributed by atoms with Gasteiger partial charge in [0.05, 0.1) is 5.03 Å². The van der Waals surface area contributed by atoms with E-state index in [-0.39, 0.29) is 21.1 Å². The Kier molecular flexibility index (Phi) is 6.38. The molecule has 0 N–H and O–H groups in total. The smallest absolute Gasteiger partial charge is 0.345 e. The monoisotopic (exact) mass is 533 g/mol. The fourth-order valence-electron chi connectivity index (χ4n) is 2.46. The average Bonchev–Trinajstić information content (AvgIpc) is 2.70. The van der Waals surface area contributed by atoms with Crippen LogP contribution in [-0.4, -0.2) is 9.97 Å². The van der Waals surface area contributed by atoms with Gasteiger partial charge in [-0.1, -0.05) is 40.9 Å². The normalized spacial score (nSPS) is 10.2. The van der Waals surface area contributed by atoms with Crippen LogP contribution in [0.15, 0.2) is 95.0 Å². The van der Waals surface area contributed by atoms with Crippen LogP contribution in [0.3, 0.4) is 0 Å². The van der Waals surface area contributed by atoms with Crippen LogP contribution >= 0.6 is 11.8 Å². The van der Waals surface area contributed by atoms with E-state index in [0.717, 1.165) is 32.4 Å². The van der Waals surface area contributed by atoms with E-state index >= 15 is 0 Å².